The Morgan fingerprint density at radius 2 is 1.78 bits per heavy atom. The van der Waals surface area contributed by atoms with Crippen LogP contribution in [0.25, 0.3) is 0 Å². The van der Waals surface area contributed by atoms with E-state index in [1.807, 2.05) is 23.1 Å². The zero-order chi connectivity index (χ0) is 12.8. The molecule has 1 aromatic carbocycles. The molecule has 1 aliphatic carbocycles. The topological polar surface area (TPSA) is 40.5 Å². The van der Waals surface area contributed by atoms with Crippen molar-refractivity contribution in [3.63, 3.8) is 0 Å². The Hall–Kier alpha value is -1.35. The summed E-state index contributed by atoms with van der Waals surface area (Å²) in [6, 6.07) is 11.4. The maximum absolute atomic E-state index is 11.0. The van der Waals surface area contributed by atoms with E-state index in [-0.39, 0.29) is 6.54 Å². The summed E-state index contributed by atoms with van der Waals surface area (Å²) in [5.41, 5.74) is 1.18. The molecule has 0 amide bonds. The van der Waals surface area contributed by atoms with Crippen LogP contribution in [0.3, 0.4) is 0 Å². The molecule has 0 aliphatic heterocycles. The fourth-order valence-corrected chi connectivity index (χ4v) is 2.52. The summed E-state index contributed by atoms with van der Waals surface area (Å²) in [5.74, 6) is -0.746. The molecule has 0 bridgehead atoms. The summed E-state index contributed by atoms with van der Waals surface area (Å²) in [7, 11) is 0. The van der Waals surface area contributed by atoms with E-state index in [2.05, 4.69) is 12.1 Å². The molecule has 0 unspecified atom stereocenters. The lowest BCUT2D eigenvalue weighted by molar-refractivity contribution is -0.138. The van der Waals surface area contributed by atoms with E-state index in [0.717, 1.165) is 12.8 Å². The molecular formula is C15H20NO2. The lowest BCUT2D eigenvalue weighted by atomic mass is 9.94. The van der Waals surface area contributed by atoms with Gasteiger partial charge in [0.1, 0.15) is 0 Å². The van der Waals surface area contributed by atoms with Crippen LogP contribution in [0, 0.1) is 6.04 Å². The number of carboxylic acid groups (broad SMARTS) is 1. The highest BCUT2D eigenvalue weighted by molar-refractivity contribution is 5.69. The molecule has 3 nitrogen and oxygen atoms in total. The van der Waals surface area contributed by atoms with Gasteiger partial charge in [-0.2, -0.15) is 0 Å². The molecule has 0 atom stereocenters. The fraction of sp³-hybridized carbons (Fsp3) is 0.467. The highest BCUT2D eigenvalue weighted by atomic mass is 16.4. The number of benzene rings is 1. The molecular weight excluding hydrogens is 226 g/mol. The second-order valence-electron chi connectivity index (χ2n) is 4.86. The van der Waals surface area contributed by atoms with Crippen LogP contribution in [-0.2, 0) is 11.3 Å². The van der Waals surface area contributed by atoms with Crippen molar-refractivity contribution in [3.8, 4) is 0 Å². The normalized spacial score (nSPS) is 16.9. The zero-order valence-corrected chi connectivity index (χ0v) is 10.6. The Kier molecular flexibility index (Phi) is 4.76. The Labute approximate surface area is 108 Å². The molecule has 1 aromatic rings. The van der Waals surface area contributed by atoms with Crippen LogP contribution in [0.1, 0.15) is 37.7 Å². The van der Waals surface area contributed by atoms with Gasteiger partial charge in [-0.1, -0.05) is 49.6 Å². The molecule has 1 saturated carbocycles. The van der Waals surface area contributed by atoms with Crippen LogP contribution in [0.4, 0.5) is 0 Å². The number of rotatable bonds is 5. The average Bonchev–Trinajstić information content (AvgIpc) is 2.40. The lowest BCUT2D eigenvalue weighted by Crippen LogP contribution is -2.34. The van der Waals surface area contributed by atoms with Gasteiger partial charge >= 0.3 is 5.97 Å². The SMILES string of the molecule is O=C(O)CN(Cc1ccccc1)[C]1CCCCC1. The summed E-state index contributed by atoms with van der Waals surface area (Å²) in [4.78, 5) is 13.0. The Bertz CT molecular complexity index is 371. The number of hydrogen-bond acceptors (Lipinski definition) is 2. The van der Waals surface area contributed by atoms with Crippen molar-refractivity contribution in [1.29, 1.82) is 0 Å². The highest BCUT2D eigenvalue weighted by Crippen LogP contribution is 2.29. The molecule has 0 spiro atoms. The zero-order valence-electron chi connectivity index (χ0n) is 10.6. The maximum Gasteiger partial charge on any atom is 0.317 e. The standard InChI is InChI=1S/C15H20NO2/c17-15(18)12-16(14-9-5-2-6-10-14)11-13-7-3-1-4-8-13/h1,3-4,7-8H,2,5-6,9-12H2,(H,17,18). The lowest BCUT2D eigenvalue weighted by Gasteiger charge is -2.32. The third-order valence-corrected chi connectivity index (χ3v) is 3.42. The third-order valence-electron chi connectivity index (χ3n) is 3.42. The van der Waals surface area contributed by atoms with Crippen LogP contribution in [0.2, 0.25) is 0 Å². The molecule has 0 saturated heterocycles. The van der Waals surface area contributed by atoms with Crippen molar-refractivity contribution in [2.75, 3.05) is 6.54 Å². The quantitative estimate of drug-likeness (QED) is 0.868. The van der Waals surface area contributed by atoms with Gasteiger partial charge in [-0.15, -0.1) is 0 Å². The summed E-state index contributed by atoms with van der Waals surface area (Å²) in [5, 5.41) is 9.04. The first-order chi connectivity index (χ1) is 8.75. The van der Waals surface area contributed by atoms with Gasteiger partial charge in [0.2, 0.25) is 0 Å². The van der Waals surface area contributed by atoms with Gasteiger partial charge in [0.05, 0.1) is 6.54 Å². The monoisotopic (exact) mass is 246 g/mol. The van der Waals surface area contributed by atoms with Gasteiger partial charge < -0.3 is 5.11 Å². The van der Waals surface area contributed by atoms with Crippen LogP contribution in [0.5, 0.6) is 0 Å². The van der Waals surface area contributed by atoms with Crippen molar-refractivity contribution in [2.24, 2.45) is 0 Å². The van der Waals surface area contributed by atoms with Gasteiger partial charge in [-0.05, 0) is 18.4 Å². The fourth-order valence-electron chi connectivity index (χ4n) is 2.52. The van der Waals surface area contributed by atoms with E-state index in [9.17, 15) is 4.79 Å². The molecule has 1 fully saturated rings. The van der Waals surface area contributed by atoms with Crippen molar-refractivity contribution < 1.29 is 9.90 Å². The number of aliphatic carboxylic acids is 1. The molecule has 1 N–H and O–H groups in total. The minimum atomic E-state index is -0.746. The molecule has 1 radical (unpaired) electrons. The second kappa shape index (κ2) is 6.55. The third kappa shape index (κ3) is 3.84. The summed E-state index contributed by atoms with van der Waals surface area (Å²) in [6.45, 7) is 0.826. The van der Waals surface area contributed by atoms with Crippen molar-refractivity contribution >= 4 is 5.97 Å². The second-order valence-corrected chi connectivity index (χ2v) is 4.86. The summed E-state index contributed by atoms with van der Waals surface area (Å²) >= 11 is 0. The first-order valence-corrected chi connectivity index (χ1v) is 6.61. The van der Waals surface area contributed by atoms with Crippen molar-refractivity contribution in [2.45, 2.75) is 38.6 Å². The minimum Gasteiger partial charge on any atom is -0.480 e. The predicted molar refractivity (Wildman–Crippen MR) is 70.8 cm³/mol. The van der Waals surface area contributed by atoms with Gasteiger partial charge in [-0.3, -0.25) is 9.69 Å². The molecule has 0 aromatic heterocycles. The first-order valence-electron chi connectivity index (χ1n) is 6.61. The van der Waals surface area contributed by atoms with E-state index in [0.29, 0.717) is 6.54 Å². The molecule has 18 heavy (non-hydrogen) atoms. The van der Waals surface area contributed by atoms with Crippen LogP contribution in [-0.4, -0.2) is 22.5 Å². The number of hydrogen-bond donors (Lipinski definition) is 1. The van der Waals surface area contributed by atoms with Crippen LogP contribution in [0.15, 0.2) is 30.3 Å². The molecule has 3 heteroatoms. The smallest absolute Gasteiger partial charge is 0.317 e. The van der Waals surface area contributed by atoms with Crippen LogP contribution < -0.4 is 0 Å². The van der Waals surface area contributed by atoms with Gasteiger partial charge in [0, 0.05) is 12.6 Å². The Balaban J connectivity index is 2.02. The maximum atomic E-state index is 11.0. The number of nitrogens with zero attached hydrogens (tertiary/aromatic N) is 1. The van der Waals surface area contributed by atoms with Gasteiger partial charge in [0.15, 0.2) is 0 Å². The summed E-state index contributed by atoms with van der Waals surface area (Å²) < 4.78 is 0. The van der Waals surface area contributed by atoms with E-state index < -0.39 is 5.97 Å². The number of carbonyl (C=O) groups is 1. The van der Waals surface area contributed by atoms with Crippen molar-refractivity contribution in [1.82, 2.24) is 4.90 Å². The average molecular weight is 246 g/mol. The molecule has 0 heterocycles. The van der Waals surface area contributed by atoms with Gasteiger partial charge in [0.25, 0.3) is 0 Å². The van der Waals surface area contributed by atoms with E-state index in [1.54, 1.807) is 0 Å². The molecule has 1 aliphatic rings. The van der Waals surface area contributed by atoms with E-state index in [1.165, 1.54) is 30.9 Å². The Morgan fingerprint density at radius 3 is 2.39 bits per heavy atom. The van der Waals surface area contributed by atoms with Crippen LogP contribution >= 0.6 is 0 Å². The van der Waals surface area contributed by atoms with Gasteiger partial charge in [-0.25, -0.2) is 0 Å². The Morgan fingerprint density at radius 1 is 1.11 bits per heavy atom. The van der Waals surface area contributed by atoms with E-state index >= 15 is 0 Å². The number of carboxylic acids is 1. The largest absolute Gasteiger partial charge is 0.480 e. The highest BCUT2D eigenvalue weighted by Gasteiger charge is 2.23. The predicted octanol–water partition coefficient (Wildman–Crippen LogP) is 3.07. The minimum absolute atomic E-state index is 0.115. The first kappa shape index (κ1) is 13.1. The molecule has 97 valence electrons. The summed E-state index contributed by atoms with van der Waals surface area (Å²) in [6.07, 6.45) is 5.77. The van der Waals surface area contributed by atoms with Crippen molar-refractivity contribution in [3.05, 3.63) is 41.9 Å². The molecule has 2 rings (SSSR count). The van der Waals surface area contributed by atoms with E-state index in [4.69, 9.17) is 5.11 Å².